The van der Waals surface area contributed by atoms with Gasteiger partial charge in [0.05, 0.1) is 0 Å². The van der Waals surface area contributed by atoms with Gasteiger partial charge in [0.1, 0.15) is 5.82 Å². The van der Waals surface area contributed by atoms with Crippen LogP contribution in [-0.2, 0) is 6.42 Å². The van der Waals surface area contributed by atoms with Crippen LogP contribution in [-0.4, -0.2) is 22.6 Å². The molecule has 25 heavy (non-hydrogen) atoms. The number of halogens is 1. The van der Waals surface area contributed by atoms with Gasteiger partial charge in [-0.2, -0.15) is 0 Å². The fourth-order valence-corrected chi connectivity index (χ4v) is 2.39. The Balaban J connectivity index is 1.51. The van der Waals surface area contributed by atoms with Gasteiger partial charge >= 0.3 is 0 Å². The Labute approximate surface area is 151 Å². The highest BCUT2D eigenvalue weighted by atomic mass is 35.5. The van der Waals surface area contributed by atoms with E-state index in [4.69, 9.17) is 11.6 Å². The molecule has 5 nitrogen and oxygen atoms in total. The second-order valence-electron chi connectivity index (χ2n) is 5.43. The third kappa shape index (κ3) is 5.02. The SMILES string of the molecule is O=C(Nc1ccc(NCCc2ccccc2)nn1)c1ccc(Cl)cc1. The first-order valence-corrected chi connectivity index (χ1v) is 8.27. The van der Waals surface area contributed by atoms with Crippen molar-refractivity contribution in [2.75, 3.05) is 17.2 Å². The second-order valence-corrected chi connectivity index (χ2v) is 5.86. The molecular weight excluding hydrogens is 336 g/mol. The summed E-state index contributed by atoms with van der Waals surface area (Å²) in [7, 11) is 0. The van der Waals surface area contributed by atoms with Gasteiger partial charge in [0.25, 0.3) is 5.91 Å². The first-order valence-electron chi connectivity index (χ1n) is 7.89. The Morgan fingerprint density at radius 1 is 0.880 bits per heavy atom. The quantitative estimate of drug-likeness (QED) is 0.702. The van der Waals surface area contributed by atoms with Gasteiger partial charge in [0, 0.05) is 17.1 Å². The minimum atomic E-state index is -0.254. The van der Waals surface area contributed by atoms with Gasteiger partial charge in [-0.05, 0) is 48.4 Å². The molecule has 0 radical (unpaired) electrons. The van der Waals surface area contributed by atoms with E-state index in [0.29, 0.717) is 22.2 Å². The Kier molecular flexibility index (Phi) is 5.59. The molecule has 0 unspecified atom stereocenters. The van der Waals surface area contributed by atoms with Crippen LogP contribution in [0.25, 0.3) is 0 Å². The number of carbonyl (C=O) groups is 1. The second kappa shape index (κ2) is 8.26. The zero-order valence-corrected chi connectivity index (χ0v) is 14.2. The molecule has 0 spiro atoms. The molecule has 3 aromatic rings. The number of hydrogen-bond acceptors (Lipinski definition) is 4. The number of benzene rings is 2. The lowest BCUT2D eigenvalue weighted by Gasteiger charge is -2.07. The fraction of sp³-hybridized carbons (Fsp3) is 0.105. The number of hydrogen-bond donors (Lipinski definition) is 2. The topological polar surface area (TPSA) is 66.9 Å². The van der Waals surface area contributed by atoms with Crippen LogP contribution in [0.4, 0.5) is 11.6 Å². The molecule has 0 bridgehead atoms. The highest BCUT2D eigenvalue weighted by molar-refractivity contribution is 6.30. The minimum Gasteiger partial charge on any atom is -0.368 e. The Morgan fingerprint density at radius 3 is 2.24 bits per heavy atom. The molecule has 0 saturated carbocycles. The molecular formula is C19H17ClN4O. The summed E-state index contributed by atoms with van der Waals surface area (Å²) in [4.78, 5) is 12.1. The zero-order valence-electron chi connectivity index (χ0n) is 13.4. The van der Waals surface area contributed by atoms with Crippen LogP contribution >= 0.6 is 11.6 Å². The van der Waals surface area contributed by atoms with Gasteiger partial charge in [-0.25, -0.2) is 0 Å². The van der Waals surface area contributed by atoms with Crippen molar-refractivity contribution < 1.29 is 4.79 Å². The number of anilines is 2. The summed E-state index contributed by atoms with van der Waals surface area (Å²) in [5.41, 5.74) is 1.77. The molecule has 0 fully saturated rings. The first kappa shape index (κ1) is 16.9. The van der Waals surface area contributed by atoms with Crippen molar-refractivity contribution in [1.82, 2.24) is 10.2 Å². The van der Waals surface area contributed by atoms with E-state index < -0.39 is 0 Å². The molecule has 1 amide bonds. The van der Waals surface area contributed by atoms with E-state index in [2.05, 4.69) is 33.0 Å². The maximum absolute atomic E-state index is 12.1. The molecule has 2 aromatic carbocycles. The van der Waals surface area contributed by atoms with Gasteiger partial charge in [0.2, 0.25) is 0 Å². The van der Waals surface area contributed by atoms with Gasteiger partial charge in [0.15, 0.2) is 5.82 Å². The number of nitrogens with one attached hydrogen (secondary N) is 2. The number of rotatable bonds is 6. The third-order valence-corrected chi connectivity index (χ3v) is 3.83. The standard InChI is InChI=1S/C19H17ClN4O/c20-16-8-6-15(7-9-16)19(25)22-18-11-10-17(23-24-18)21-13-12-14-4-2-1-3-5-14/h1-11H,12-13H2,(H,21,23)(H,22,24,25). The molecule has 1 aromatic heterocycles. The van der Waals surface area contributed by atoms with Crippen molar-refractivity contribution >= 4 is 29.1 Å². The average molecular weight is 353 g/mol. The lowest BCUT2D eigenvalue weighted by atomic mass is 10.1. The van der Waals surface area contributed by atoms with Crippen molar-refractivity contribution in [3.8, 4) is 0 Å². The van der Waals surface area contributed by atoms with Crippen LogP contribution in [0.15, 0.2) is 66.7 Å². The van der Waals surface area contributed by atoms with Gasteiger partial charge in [-0.15, -0.1) is 10.2 Å². The molecule has 3 rings (SSSR count). The van der Waals surface area contributed by atoms with Gasteiger partial charge in [-0.3, -0.25) is 4.79 Å². The van der Waals surface area contributed by atoms with Gasteiger partial charge in [-0.1, -0.05) is 41.9 Å². The van der Waals surface area contributed by atoms with E-state index in [9.17, 15) is 4.79 Å². The molecule has 6 heteroatoms. The number of aromatic nitrogens is 2. The highest BCUT2D eigenvalue weighted by Crippen LogP contribution is 2.12. The summed E-state index contributed by atoms with van der Waals surface area (Å²) >= 11 is 5.81. The smallest absolute Gasteiger partial charge is 0.256 e. The molecule has 2 N–H and O–H groups in total. The van der Waals surface area contributed by atoms with Crippen LogP contribution in [0, 0.1) is 0 Å². The van der Waals surface area contributed by atoms with Crippen LogP contribution < -0.4 is 10.6 Å². The van der Waals surface area contributed by atoms with Crippen molar-refractivity contribution in [2.45, 2.75) is 6.42 Å². The van der Waals surface area contributed by atoms with Crippen molar-refractivity contribution in [3.63, 3.8) is 0 Å². The van der Waals surface area contributed by atoms with E-state index in [1.807, 2.05) is 18.2 Å². The summed E-state index contributed by atoms with van der Waals surface area (Å²) in [5.74, 6) is 0.810. The van der Waals surface area contributed by atoms with Gasteiger partial charge < -0.3 is 10.6 Å². The van der Waals surface area contributed by atoms with Crippen LogP contribution in [0.1, 0.15) is 15.9 Å². The molecule has 126 valence electrons. The lowest BCUT2D eigenvalue weighted by molar-refractivity contribution is 0.102. The summed E-state index contributed by atoms with van der Waals surface area (Å²) in [6, 6.07) is 20.4. The molecule has 0 aliphatic carbocycles. The predicted molar refractivity (Wildman–Crippen MR) is 100 cm³/mol. The Hall–Kier alpha value is -2.92. The predicted octanol–water partition coefficient (Wildman–Crippen LogP) is 4.04. The van der Waals surface area contributed by atoms with Crippen LogP contribution in [0.3, 0.4) is 0 Å². The molecule has 1 heterocycles. The maximum atomic E-state index is 12.1. The normalized spacial score (nSPS) is 10.3. The molecule has 0 saturated heterocycles. The molecule has 0 aliphatic rings. The van der Waals surface area contributed by atoms with Crippen molar-refractivity contribution in [1.29, 1.82) is 0 Å². The van der Waals surface area contributed by atoms with Crippen molar-refractivity contribution in [2.24, 2.45) is 0 Å². The minimum absolute atomic E-state index is 0.254. The zero-order chi connectivity index (χ0) is 17.5. The third-order valence-electron chi connectivity index (χ3n) is 3.58. The summed E-state index contributed by atoms with van der Waals surface area (Å²) in [6.45, 7) is 0.759. The van der Waals surface area contributed by atoms with E-state index in [-0.39, 0.29) is 5.91 Å². The van der Waals surface area contributed by atoms with E-state index in [1.165, 1.54) is 5.56 Å². The number of nitrogens with zero attached hydrogens (tertiary/aromatic N) is 2. The van der Waals surface area contributed by atoms with E-state index in [0.717, 1.165) is 13.0 Å². The Bertz CT molecular complexity index is 820. The number of carbonyl (C=O) groups excluding carboxylic acids is 1. The highest BCUT2D eigenvalue weighted by Gasteiger charge is 2.07. The molecule has 0 aliphatic heterocycles. The first-order chi connectivity index (χ1) is 12.2. The van der Waals surface area contributed by atoms with Crippen LogP contribution in [0.2, 0.25) is 5.02 Å². The Morgan fingerprint density at radius 2 is 1.56 bits per heavy atom. The molecule has 0 atom stereocenters. The lowest BCUT2D eigenvalue weighted by Crippen LogP contribution is -2.14. The summed E-state index contributed by atoms with van der Waals surface area (Å²) in [6.07, 6.45) is 0.900. The summed E-state index contributed by atoms with van der Waals surface area (Å²) < 4.78 is 0. The van der Waals surface area contributed by atoms with E-state index >= 15 is 0 Å². The van der Waals surface area contributed by atoms with Crippen LogP contribution in [0.5, 0.6) is 0 Å². The number of amides is 1. The van der Waals surface area contributed by atoms with Crippen molar-refractivity contribution in [3.05, 3.63) is 82.9 Å². The van der Waals surface area contributed by atoms with E-state index in [1.54, 1.807) is 36.4 Å². The fourth-order valence-electron chi connectivity index (χ4n) is 2.26. The average Bonchev–Trinajstić information content (AvgIpc) is 2.64. The summed E-state index contributed by atoms with van der Waals surface area (Å²) in [5, 5.41) is 14.6. The largest absolute Gasteiger partial charge is 0.368 e. The monoisotopic (exact) mass is 352 g/mol. The maximum Gasteiger partial charge on any atom is 0.256 e.